The molecule has 3 aromatic heterocycles. The molecule has 3 heterocycles. The highest BCUT2D eigenvalue weighted by Crippen LogP contribution is 2.26. The van der Waals surface area contributed by atoms with E-state index in [1.807, 2.05) is 29.8 Å². The molecular formula is C13H10N4O. The van der Waals surface area contributed by atoms with E-state index in [0.717, 1.165) is 23.0 Å². The Labute approximate surface area is 103 Å². The highest BCUT2D eigenvalue weighted by Gasteiger charge is 2.14. The van der Waals surface area contributed by atoms with Crippen LogP contribution in [0.4, 0.5) is 0 Å². The molecule has 0 aliphatic rings. The average Bonchev–Trinajstić information content (AvgIpc) is 2.77. The van der Waals surface area contributed by atoms with E-state index in [-0.39, 0.29) is 0 Å². The summed E-state index contributed by atoms with van der Waals surface area (Å²) in [5, 5.41) is 0.744. The smallest absolute Gasteiger partial charge is 0.152 e. The minimum Gasteiger partial charge on any atom is -0.335 e. The summed E-state index contributed by atoms with van der Waals surface area (Å²) in [5.41, 5.74) is 2.73. The Morgan fingerprint density at radius 3 is 2.83 bits per heavy atom. The number of nitrogens with zero attached hydrogens (tertiary/aromatic N) is 4. The standard InChI is InChI=1S/C13H10N4O/c1-17-6-9(7-18)11-12(15-8-16-13(11)17)10-4-2-3-5-14-10/h2-8H,1H3. The van der Waals surface area contributed by atoms with Crippen molar-refractivity contribution in [2.45, 2.75) is 0 Å². The second-order valence-corrected chi connectivity index (χ2v) is 3.95. The van der Waals surface area contributed by atoms with E-state index in [2.05, 4.69) is 15.0 Å². The molecule has 3 aromatic rings. The number of pyridine rings is 1. The van der Waals surface area contributed by atoms with E-state index < -0.39 is 0 Å². The van der Waals surface area contributed by atoms with E-state index in [1.54, 1.807) is 12.4 Å². The Kier molecular flexibility index (Phi) is 2.37. The van der Waals surface area contributed by atoms with Gasteiger partial charge in [-0.1, -0.05) is 6.07 Å². The summed E-state index contributed by atoms with van der Waals surface area (Å²) >= 11 is 0. The minimum atomic E-state index is 0.578. The van der Waals surface area contributed by atoms with Gasteiger partial charge in [0.2, 0.25) is 0 Å². The van der Waals surface area contributed by atoms with Gasteiger partial charge in [-0.3, -0.25) is 9.78 Å². The number of fused-ring (bicyclic) bond motifs is 1. The van der Waals surface area contributed by atoms with Gasteiger partial charge in [-0.25, -0.2) is 9.97 Å². The van der Waals surface area contributed by atoms with Crippen LogP contribution in [0.25, 0.3) is 22.4 Å². The zero-order chi connectivity index (χ0) is 12.5. The molecule has 5 nitrogen and oxygen atoms in total. The van der Waals surface area contributed by atoms with Gasteiger partial charge in [0.1, 0.15) is 17.7 Å². The number of rotatable bonds is 2. The number of hydrogen-bond donors (Lipinski definition) is 0. The first kappa shape index (κ1) is 10.6. The molecule has 0 unspecified atom stereocenters. The SMILES string of the molecule is Cn1cc(C=O)c2c(-c3ccccn3)ncnc21. The van der Waals surface area contributed by atoms with Crippen LogP contribution in [0.15, 0.2) is 36.9 Å². The van der Waals surface area contributed by atoms with Crippen molar-refractivity contribution in [3.63, 3.8) is 0 Å². The fraction of sp³-hybridized carbons (Fsp3) is 0.0769. The minimum absolute atomic E-state index is 0.578. The zero-order valence-corrected chi connectivity index (χ0v) is 9.74. The summed E-state index contributed by atoms with van der Waals surface area (Å²) in [6.45, 7) is 0. The molecule has 0 atom stereocenters. The average molecular weight is 238 g/mol. The molecule has 0 aliphatic heterocycles. The molecule has 88 valence electrons. The molecule has 5 heteroatoms. The quantitative estimate of drug-likeness (QED) is 0.639. The third-order valence-electron chi connectivity index (χ3n) is 2.82. The number of aromatic nitrogens is 4. The van der Waals surface area contributed by atoms with Crippen LogP contribution < -0.4 is 0 Å². The van der Waals surface area contributed by atoms with Crippen LogP contribution in [0.5, 0.6) is 0 Å². The first-order chi connectivity index (χ1) is 8.81. The number of carbonyl (C=O) groups is 1. The van der Waals surface area contributed by atoms with Crippen LogP contribution in [-0.4, -0.2) is 25.8 Å². The van der Waals surface area contributed by atoms with Gasteiger partial charge in [-0.05, 0) is 12.1 Å². The highest BCUT2D eigenvalue weighted by atomic mass is 16.1. The summed E-state index contributed by atoms with van der Waals surface area (Å²) in [4.78, 5) is 23.9. The summed E-state index contributed by atoms with van der Waals surface area (Å²) in [6.07, 6.45) is 5.75. The second kappa shape index (κ2) is 4.03. The van der Waals surface area contributed by atoms with Crippen molar-refractivity contribution in [1.29, 1.82) is 0 Å². The normalized spacial score (nSPS) is 10.7. The van der Waals surface area contributed by atoms with Crippen molar-refractivity contribution in [3.05, 3.63) is 42.5 Å². The third kappa shape index (κ3) is 1.48. The van der Waals surface area contributed by atoms with E-state index in [1.165, 1.54) is 6.33 Å². The molecule has 3 rings (SSSR count). The van der Waals surface area contributed by atoms with Gasteiger partial charge in [-0.2, -0.15) is 0 Å². The van der Waals surface area contributed by atoms with Crippen molar-refractivity contribution in [3.8, 4) is 11.4 Å². The molecule has 0 N–H and O–H groups in total. The molecule has 18 heavy (non-hydrogen) atoms. The maximum atomic E-state index is 11.1. The van der Waals surface area contributed by atoms with E-state index in [9.17, 15) is 4.79 Å². The van der Waals surface area contributed by atoms with Gasteiger partial charge < -0.3 is 4.57 Å². The molecule has 0 saturated heterocycles. The molecule has 0 amide bonds. The van der Waals surface area contributed by atoms with Crippen molar-refractivity contribution < 1.29 is 4.79 Å². The van der Waals surface area contributed by atoms with Crippen LogP contribution in [0.1, 0.15) is 10.4 Å². The lowest BCUT2D eigenvalue weighted by Crippen LogP contribution is -1.93. The van der Waals surface area contributed by atoms with Gasteiger partial charge in [0.25, 0.3) is 0 Å². The third-order valence-corrected chi connectivity index (χ3v) is 2.82. The Morgan fingerprint density at radius 1 is 1.22 bits per heavy atom. The Balaban J connectivity index is 2.40. The first-order valence-corrected chi connectivity index (χ1v) is 5.48. The summed E-state index contributed by atoms with van der Waals surface area (Å²) in [5.74, 6) is 0. The van der Waals surface area contributed by atoms with Gasteiger partial charge in [-0.15, -0.1) is 0 Å². The van der Waals surface area contributed by atoms with Crippen molar-refractivity contribution in [2.75, 3.05) is 0 Å². The van der Waals surface area contributed by atoms with E-state index >= 15 is 0 Å². The Hall–Kier alpha value is -2.56. The molecule has 0 spiro atoms. The Bertz CT molecular complexity index is 718. The highest BCUT2D eigenvalue weighted by molar-refractivity contribution is 6.02. The number of aryl methyl sites for hydroxylation is 1. The number of aldehydes is 1. The molecule has 0 aromatic carbocycles. The fourth-order valence-corrected chi connectivity index (χ4v) is 2.03. The topological polar surface area (TPSA) is 60.7 Å². The van der Waals surface area contributed by atoms with Crippen LogP contribution in [-0.2, 0) is 7.05 Å². The van der Waals surface area contributed by atoms with Crippen LogP contribution in [0.3, 0.4) is 0 Å². The fourth-order valence-electron chi connectivity index (χ4n) is 2.03. The molecule has 0 aliphatic carbocycles. The van der Waals surface area contributed by atoms with E-state index in [4.69, 9.17) is 0 Å². The van der Waals surface area contributed by atoms with Gasteiger partial charge >= 0.3 is 0 Å². The van der Waals surface area contributed by atoms with E-state index in [0.29, 0.717) is 11.3 Å². The molecular weight excluding hydrogens is 228 g/mol. The first-order valence-electron chi connectivity index (χ1n) is 5.48. The lowest BCUT2D eigenvalue weighted by atomic mass is 10.1. The summed E-state index contributed by atoms with van der Waals surface area (Å²) < 4.78 is 1.81. The van der Waals surface area contributed by atoms with Crippen molar-refractivity contribution in [2.24, 2.45) is 7.05 Å². The predicted octanol–water partition coefficient (Wildman–Crippen LogP) is 1.84. The maximum Gasteiger partial charge on any atom is 0.152 e. The molecule has 0 fully saturated rings. The van der Waals surface area contributed by atoms with Crippen molar-refractivity contribution >= 4 is 17.3 Å². The molecule has 0 bridgehead atoms. The van der Waals surface area contributed by atoms with Crippen LogP contribution >= 0.6 is 0 Å². The van der Waals surface area contributed by atoms with Gasteiger partial charge in [0.15, 0.2) is 6.29 Å². The number of carbonyl (C=O) groups excluding carboxylic acids is 1. The Morgan fingerprint density at radius 2 is 2.11 bits per heavy atom. The predicted molar refractivity (Wildman–Crippen MR) is 67.1 cm³/mol. The largest absolute Gasteiger partial charge is 0.335 e. The van der Waals surface area contributed by atoms with Gasteiger partial charge in [0.05, 0.1) is 11.1 Å². The summed E-state index contributed by atoms with van der Waals surface area (Å²) in [7, 11) is 1.85. The monoisotopic (exact) mass is 238 g/mol. The lowest BCUT2D eigenvalue weighted by Gasteiger charge is -2.02. The lowest BCUT2D eigenvalue weighted by molar-refractivity contribution is 0.112. The maximum absolute atomic E-state index is 11.1. The summed E-state index contributed by atoms with van der Waals surface area (Å²) in [6, 6.07) is 5.59. The molecule has 0 saturated carbocycles. The second-order valence-electron chi connectivity index (χ2n) is 3.95. The van der Waals surface area contributed by atoms with Crippen LogP contribution in [0, 0.1) is 0 Å². The van der Waals surface area contributed by atoms with Crippen LogP contribution in [0.2, 0.25) is 0 Å². The van der Waals surface area contributed by atoms with Gasteiger partial charge in [0, 0.05) is 25.0 Å². The number of hydrogen-bond acceptors (Lipinski definition) is 4. The molecule has 0 radical (unpaired) electrons. The zero-order valence-electron chi connectivity index (χ0n) is 9.74. The van der Waals surface area contributed by atoms with Crippen molar-refractivity contribution in [1.82, 2.24) is 19.5 Å².